The number of amides is 1. The van der Waals surface area contributed by atoms with E-state index in [0.29, 0.717) is 0 Å². The van der Waals surface area contributed by atoms with Crippen molar-refractivity contribution in [3.8, 4) is 0 Å². The van der Waals surface area contributed by atoms with Crippen LogP contribution in [0.25, 0.3) is 0 Å². The van der Waals surface area contributed by atoms with Gasteiger partial charge in [0.05, 0.1) is 0 Å². The zero-order valence-corrected chi connectivity index (χ0v) is 9.66. The van der Waals surface area contributed by atoms with Crippen LogP contribution < -0.4 is 5.73 Å². The Bertz CT molecular complexity index is 324. The molecule has 0 aliphatic heterocycles. The van der Waals surface area contributed by atoms with Crippen molar-refractivity contribution >= 4 is 5.91 Å². The smallest absolute Gasteiger partial charge is 0.221 e. The molecule has 82 valence electrons. The number of hydrogen-bond acceptors (Lipinski definition) is 1. The SMILES string of the molecule is CC(C)(C)[C@@H](Cc1ccccc1)C(N)=O. The fourth-order valence-electron chi connectivity index (χ4n) is 1.68. The number of carbonyl (C=O) groups is 1. The van der Waals surface area contributed by atoms with E-state index in [2.05, 4.69) is 0 Å². The zero-order valence-electron chi connectivity index (χ0n) is 9.66. The van der Waals surface area contributed by atoms with E-state index in [1.165, 1.54) is 0 Å². The van der Waals surface area contributed by atoms with Crippen molar-refractivity contribution in [3.05, 3.63) is 35.9 Å². The molecule has 0 aliphatic carbocycles. The highest BCUT2D eigenvalue weighted by molar-refractivity contribution is 5.77. The maximum absolute atomic E-state index is 11.4. The molecule has 1 rings (SSSR count). The lowest BCUT2D eigenvalue weighted by molar-refractivity contribution is -0.124. The Kier molecular flexibility index (Phi) is 3.51. The number of carbonyl (C=O) groups excluding carboxylic acids is 1. The molecule has 0 aromatic heterocycles. The van der Waals surface area contributed by atoms with Crippen molar-refractivity contribution < 1.29 is 4.79 Å². The average Bonchev–Trinajstić information content (AvgIpc) is 2.13. The van der Waals surface area contributed by atoms with Gasteiger partial charge in [0.2, 0.25) is 5.91 Å². The molecule has 0 heterocycles. The van der Waals surface area contributed by atoms with Crippen LogP contribution in [0.5, 0.6) is 0 Å². The molecule has 0 radical (unpaired) electrons. The highest BCUT2D eigenvalue weighted by atomic mass is 16.1. The third-order valence-electron chi connectivity index (χ3n) is 2.67. The van der Waals surface area contributed by atoms with Gasteiger partial charge < -0.3 is 5.73 Å². The molecule has 0 aliphatic rings. The average molecular weight is 205 g/mol. The predicted molar refractivity (Wildman–Crippen MR) is 62.3 cm³/mol. The summed E-state index contributed by atoms with van der Waals surface area (Å²) in [6.45, 7) is 6.14. The highest BCUT2D eigenvalue weighted by Crippen LogP contribution is 2.28. The van der Waals surface area contributed by atoms with Crippen LogP contribution in [0.1, 0.15) is 26.3 Å². The molecule has 1 aromatic carbocycles. The van der Waals surface area contributed by atoms with Gasteiger partial charge in [-0.25, -0.2) is 0 Å². The molecule has 0 spiro atoms. The summed E-state index contributed by atoms with van der Waals surface area (Å²) in [5, 5.41) is 0. The van der Waals surface area contributed by atoms with E-state index in [4.69, 9.17) is 5.73 Å². The number of primary amides is 1. The summed E-state index contributed by atoms with van der Waals surface area (Å²) in [6, 6.07) is 10.00. The molecule has 2 N–H and O–H groups in total. The molecule has 2 heteroatoms. The minimum atomic E-state index is -0.216. The maximum atomic E-state index is 11.4. The van der Waals surface area contributed by atoms with Crippen LogP contribution in [0, 0.1) is 11.3 Å². The summed E-state index contributed by atoms with van der Waals surface area (Å²) in [6.07, 6.45) is 0.722. The first-order valence-electron chi connectivity index (χ1n) is 5.24. The number of benzene rings is 1. The van der Waals surface area contributed by atoms with Crippen LogP contribution in [0.15, 0.2) is 30.3 Å². The minimum Gasteiger partial charge on any atom is -0.369 e. The quantitative estimate of drug-likeness (QED) is 0.808. The number of rotatable bonds is 3. The first-order chi connectivity index (χ1) is 6.91. The van der Waals surface area contributed by atoms with Crippen molar-refractivity contribution in [3.63, 3.8) is 0 Å². The maximum Gasteiger partial charge on any atom is 0.221 e. The van der Waals surface area contributed by atoms with Gasteiger partial charge in [-0.05, 0) is 17.4 Å². The summed E-state index contributed by atoms with van der Waals surface area (Å²) in [5.41, 5.74) is 6.51. The van der Waals surface area contributed by atoms with E-state index in [0.717, 1.165) is 12.0 Å². The molecule has 0 fully saturated rings. The molecule has 0 saturated carbocycles. The van der Waals surface area contributed by atoms with Crippen molar-refractivity contribution in [1.82, 2.24) is 0 Å². The van der Waals surface area contributed by atoms with E-state index in [9.17, 15) is 4.79 Å². The van der Waals surface area contributed by atoms with Gasteiger partial charge in [0.15, 0.2) is 0 Å². The highest BCUT2D eigenvalue weighted by Gasteiger charge is 2.29. The Morgan fingerprint density at radius 2 is 1.80 bits per heavy atom. The lowest BCUT2D eigenvalue weighted by atomic mass is 9.77. The standard InChI is InChI=1S/C13H19NO/c1-13(2,3)11(12(14)15)9-10-7-5-4-6-8-10/h4-8,11H,9H2,1-3H3,(H2,14,15)/t11-/m0/s1. The Hall–Kier alpha value is -1.31. The van der Waals surface area contributed by atoms with Gasteiger partial charge in [-0.3, -0.25) is 4.79 Å². The summed E-state index contributed by atoms with van der Waals surface area (Å²) >= 11 is 0. The van der Waals surface area contributed by atoms with E-state index in [1.807, 2.05) is 51.1 Å². The van der Waals surface area contributed by atoms with Gasteiger partial charge in [0.25, 0.3) is 0 Å². The van der Waals surface area contributed by atoms with Gasteiger partial charge >= 0.3 is 0 Å². The summed E-state index contributed by atoms with van der Waals surface area (Å²) in [5.74, 6) is -0.328. The number of hydrogen-bond donors (Lipinski definition) is 1. The van der Waals surface area contributed by atoms with Crippen molar-refractivity contribution in [2.75, 3.05) is 0 Å². The monoisotopic (exact) mass is 205 g/mol. The van der Waals surface area contributed by atoms with Crippen LogP contribution in [0.2, 0.25) is 0 Å². The second-order valence-corrected chi connectivity index (χ2v) is 5.01. The normalized spacial score (nSPS) is 13.5. The van der Waals surface area contributed by atoms with Crippen molar-refractivity contribution in [2.24, 2.45) is 17.1 Å². The van der Waals surface area contributed by atoms with E-state index >= 15 is 0 Å². The Morgan fingerprint density at radius 1 is 1.27 bits per heavy atom. The van der Waals surface area contributed by atoms with Gasteiger partial charge in [0.1, 0.15) is 0 Å². The van der Waals surface area contributed by atoms with Crippen LogP contribution in [0.4, 0.5) is 0 Å². The second kappa shape index (κ2) is 4.47. The molecule has 1 atom stereocenters. The van der Waals surface area contributed by atoms with Crippen LogP contribution in [-0.2, 0) is 11.2 Å². The largest absolute Gasteiger partial charge is 0.369 e. The fourth-order valence-corrected chi connectivity index (χ4v) is 1.68. The third-order valence-corrected chi connectivity index (χ3v) is 2.67. The molecule has 1 amide bonds. The molecule has 1 aromatic rings. The van der Waals surface area contributed by atoms with E-state index < -0.39 is 0 Å². The molecule has 0 unspecified atom stereocenters. The second-order valence-electron chi connectivity index (χ2n) is 5.01. The summed E-state index contributed by atoms with van der Waals surface area (Å²) in [4.78, 5) is 11.4. The molecule has 2 nitrogen and oxygen atoms in total. The Morgan fingerprint density at radius 3 is 2.20 bits per heavy atom. The summed E-state index contributed by atoms with van der Waals surface area (Å²) in [7, 11) is 0. The topological polar surface area (TPSA) is 43.1 Å². The Balaban J connectivity index is 2.82. The third kappa shape index (κ3) is 3.39. The first kappa shape index (κ1) is 11.8. The minimum absolute atomic E-state index is 0.0817. The first-order valence-corrected chi connectivity index (χ1v) is 5.24. The molecule has 15 heavy (non-hydrogen) atoms. The van der Waals surface area contributed by atoms with E-state index in [-0.39, 0.29) is 17.2 Å². The molecule has 0 bridgehead atoms. The lowest BCUT2D eigenvalue weighted by Crippen LogP contribution is -2.35. The molecular formula is C13H19NO. The van der Waals surface area contributed by atoms with Gasteiger partial charge in [-0.1, -0.05) is 51.1 Å². The Labute approximate surface area is 91.5 Å². The van der Waals surface area contributed by atoms with Crippen molar-refractivity contribution in [1.29, 1.82) is 0 Å². The predicted octanol–water partition coefficient (Wildman–Crippen LogP) is 2.38. The van der Waals surface area contributed by atoms with Crippen LogP contribution in [-0.4, -0.2) is 5.91 Å². The summed E-state index contributed by atoms with van der Waals surface area (Å²) < 4.78 is 0. The fraction of sp³-hybridized carbons (Fsp3) is 0.462. The van der Waals surface area contributed by atoms with Gasteiger partial charge in [-0.15, -0.1) is 0 Å². The van der Waals surface area contributed by atoms with Crippen LogP contribution >= 0.6 is 0 Å². The van der Waals surface area contributed by atoms with Crippen molar-refractivity contribution in [2.45, 2.75) is 27.2 Å². The van der Waals surface area contributed by atoms with Crippen LogP contribution in [0.3, 0.4) is 0 Å². The lowest BCUT2D eigenvalue weighted by Gasteiger charge is -2.28. The number of nitrogens with two attached hydrogens (primary N) is 1. The molecular weight excluding hydrogens is 186 g/mol. The van der Waals surface area contributed by atoms with Gasteiger partial charge in [-0.2, -0.15) is 0 Å². The zero-order chi connectivity index (χ0) is 11.5. The van der Waals surface area contributed by atoms with E-state index in [1.54, 1.807) is 0 Å². The molecule has 0 saturated heterocycles. The van der Waals surface area contributed by atoms with Gasteiger partial charge in [0, 0.05) is 5.92 Å².